The number of anilines is 2. The van der Waals surface area contributed by atoms with Crippen LogP contribution in [-0.4, -0.2) is 23.7 Å². The summed E-state index contributed by atoms with van der Waals surface area (Å²) in [5.74, 6) is -2.83. The quantitative estimate of drug-likeness (QED) is 0.335. The normalized spacial score (nSPS) is 12.1. The molecule has 28 heavy (non-hydrogen) atoms. The van der Waals surface area contributed by atoms with Crippen molar-refractivity contribution in [2.45, 2.75) is 26.4 Å². The molecular weight excluding hydrogens is 505 g/mol. The molecule has 5 nitrogen and oxygen atoms in total. The van der Waals surface area contributed by atoms with Crippen molar-refractivity contribution in [3.8, 4) is 0 Å². The number of aliphatic hydroxyl groups excluding tert-OH is 1. The molecule has 0 bridgehead atoms. The first-order valence-corrected chi connectivity index (χ1v) is 9.94. The zero-order chi connectivity index (χ0) is 20.8. The highest BCUT2D eigenvalue weighted by molar-refractivity contribution is 14.1. The predicted octanol–water partition coefficient (Wildman–Crippen LogP) is 5.03. The fourth-order valence-corrected chi connectivity index (χ4v) is 3.35. The number of nitrogens with one attached hydrogen (secondary N) is 2. The minimum atomic E-state index is -1.18. The molecule has 2 aromatic rings. The molecule has 0 aliphatic carbocycles. The lowest BCUT2D eigenvalue weighted by Gasteiger charge is -2.16. The average molecular weight is 525 g/mol. The molecule has 0 aliphatic rings. The Balaban J connectivity index is 2.16. The number of hydroxylamine groups is 1. The van der Waals surface area contributed by atoms with E-state index < -0.39 is 23.6 Å². The van der Waals surface area contributed by atoms with Gasteiger partial charge in [0.1, 0.15) is 6.61 Å². The van der Waals surface area contributed by atoms with Gasteiger partial charge in [-0.25, -0.2) is 14.3 Å². The summed E-state index contributed by atoms with van der Waals surface area (Å²) in [6, 6.07) is 6.75. The molecule has 0 aliphatic heterocycles. The Morgan fingerprint density at radius 1 is 1.21 bits per heavy atom. The molecule has 152 valence electrons. The van der Waals surface area contributed by atoms with Crippen LogP contribution in [0.4, 0.5) is 20.2 Å². The van der Waals surface area contributed by atoms with E-state index in [1.165, 1.54) is 0 Å². The minimum Gasteiger partial charge on any atom is -0.391 e. The monoisotopic (exact) mass is 524 g/mol. The maximum Gasteiger partial charge on any atom is 0.277 e. The van der Waals surface area contributed by atoms with Crippen molar-refractivity contribution in [3.05, 3.63) is 56.1 Å². The van der Waals surface area contributed by atoms with Gasteiger partial charge in [0.05, 0.1) is 28.1 Å². The molecule has 0 heterocycles. The van der Waals surface area contributed by atoms with Crippen molar-refractivity contribution in [2.24, 2.45) is 5.92 Å². The second-order valence-electron chi connectivity index (χ2n) is 6.59. The summed E-state index contributed by atoms with van der Waals surface area (Å²) < 4.78 is 28.3. The summed E-state index contributed by atoms with van der Waals surface area (Å²) in [5.41, 5.74) is 2.41. The van der Waals surface area contributed by atoms with Gasteiger partial charge in [0, 0.05) is 9.64 Å². The molecule has 0 spiro atoms. The number of rotatable bonds is 8. The zero-order valence-electron chi connectivity index (χ0n) is 15.2. The summed E-state index contributed by atoms with van der Waals surface area (Å²) in [5, 5.41) is 13.0. The highest BCUT2D eigenvalue weighted by atomic mass is 127. The Labute approximate surface area is 180 Å². The molecule has 9 heteroatoms. The third-order valence-electron chi connectivity index (χ3n) is 3.69. The molecule has 1 amide bonds. The fraction of sp³-hybridized carbons (Fsp3) is 0.316. The van der Waals surface area contributed by atoms with Crippen LogP contribution in [0.1, 0.15) is 30.6 Å². The molecule has 0 saturated carbocycles. The summed E-state index contributed by atoms with van der Waals surface area (Å²) in [7, 11) is 0. The first-order valence-electron chi connectivity index (χ1n) is 8.48. The van der Waals surface area contributed by atoms with Crippen LogP contribution in [0.5, 0.6) is 0 Å². The third kappa shape index (κ3) is 6.54. The van der Waals surface area contributed by atoms with Crippen LogP contribution in [0.25, 0.3) is 0 Å². The molecule has 2 aromatic carbocycles. The van der Waals surface area contributed by atoms with E-state index >= 15 is 0 Å². The summed E-state index contributed by atoms with van der Waals surface area (Å²) in [6.45, 7) is 3.76. The largest absolute Gasteiger partial charge is 0.391 e. The first kappa shape index (κ1) is 22.8. The number of carbonyl (C=O) groups excluding carboxylic acids is 1. The van der Waals surface area contributed by atoms with Gasteiger partial charge in [0.2, 0.25) is 0 Å². The molecule has 0 saturated heterocycles. The van der Waals surface area contributed by atoms with Crippen molar-refractivity contribution >= 4 is 51.5 Å². The van der Waals surface area contributed by atoms with Crippen molar-refractivity contribution in [1.82, 2.24) is 5.48 Å². The Morgan fingerprint density at radius 2 is 1.89 bits per heavy atom. The van der Waals surface area contributed by atoms with Gasteiger partial charge >= 0.3 is 0 Å². The topological polar surface area (TPSA) is 70.6 Å². The smallest absolute Gasteiger partial charge is 0.277 e. The van der Waals surface area contributed by atoms with Gasteiger partial charge in [-0.05, 0) is 59.2 Å². The van der Waals surface area contributed by atoms with Crippen LogP contribution >= 0.6 is 34.2 Å². The van der Waals surface area contributed by atoms with Crippen molar-refractivity contribution in [2.75, 3.05) is 11.9 Å². The number of carbonyl (C=O) groups is 1. The predicted molar refractivity (Wildman–Crippen MR) is 113 cm³/mol. The van der Waals surface area contributed by atoms with Gasteiger partial charge in [-0.15, -0.1) is 0 Å². The molecule has 0 aromatic heterocycles. The SMILES string of the molecule is CC(C)CC(O)CONC(=O)c1cc(F)c(F)cc1Nc1ccc(I)cc1Cl. The van der Waals surface area contributed by atoms with E-state index in [0.717, 1.165) is 15.7 Å². The maximum absolute atomic E-state index is 13.7. The molecule has 1 atom stereocenters. The van der Waals surface area contributed by atoms with Crippen LogP contribution in [0.2, 0.25) is 5.02 Å². The fourth-order valence-electron chi connectivity index (χ4n) is 2.44. The van der Waals surface area contributed by atoms with Crippen LogP contribution in [0.3, 0.4) is 0 Å². The Bertz CT molecular complexity index is 852. The molecule has 1 unspecified atom stereocenters. The summed E-state index contributed by atoms with van der Waals surface area (Å²) in [6.07, 6.45) is -0.257. The maximum atomic E-state index is 13.7. The third-order valence-corrected chi connectivity index (χ3v) is 4.67. The van der Waals surface area contributed by atoms with Gasteiger partial charge in [-0.3, -0.25) is 9.63 Å². The number of halogens is 4. The number of benzene rings is 2. The summed E-state index contributed by atoms with van der Waals surface area (Å²) in [4.78, 5) is 17.4. The Kier molecular flexibility index (Phi) is 8.41. The number of hydrogen-bond acceptors (Lipinski definition) is 4. The van der Waals surface area contributed by atoms with E-state index in [1.807, 2.05) is 13.8 Å². The second-order valence-corrected chi connectivity index (χ2v) is 8.24. The lowest BCUT2D eigenvalue weighted by Crippen LogP contribution is -2.29. The van der Waals surface area contributed by atoms with E-state index in [0.29, 0.717) is 17.1 Å². The van der Waals surface area contributed by atoms with Gasteiger partial charge < -0.3 is 10.4 Å². The highest BCUT2D eigenvalue weighted by Gasteiger charge is 2.18. The Hall–Kier alpha value is -1.49. The first-order chi connectivity index (χ1) is 13.2. The number of amides is 1. The standard InChI is InChI=1S/C19H20ClF2IN2O3/c1-10(2)5-12(26)9-28-25-19(27)13-7-15(21)16(22)8-18(13)24-17-4-3-11(23)6-14(17)20/h3-4,6-8,10,12,24,26H,5,9H2,1-2H3,(H,25,27). The Morgan fingerprint density at radius 3 is 2.54 bits per heavy atom. The average Bonchev–Trinajstić information content (AvgIpc) is 2.59. The van der Waals surface area contributed by atoms with Crippen molar-refractivity contribution in [1.29, 1.82) is 0 Å². The summed E-state index contributed by atoms with van der Waals surface area (Å²) >= 11 is 8.24. The molecule has 0 fully saturated rings. The lowest BCUT2D eigenvalue weighted by molar-refractivity contribution is -0.0181. The van der Waals surface area contributed by atoms with Crippen molar-refractivity contribution in [3.63, 3.8) is 0 Å². The van der Waals surface area contributed by atoms with Gasteiger partial charge in [0.15, 0.2) is 11.6 Å². The van der Waals surface area contributed by atoms with Crippen LogP contribution in [0.15, 0.2) is 30.3 Å². The van der Waals surface area contributed by atoms with E-state index in [9.17, 15) is 18.7 Å². The molecular formula is C19H20ClF2IN2O3. The van der Waals surface area contributed by atoms with E-state index in [4.69, 9.17) is 16.4 Å². The van der Waals surface area contributed by atoms with Gasteiger partial charge in [0.25, 0.3) is 5.91 Å². The van der Waals surface area contributed by atoms with Gasteiger partial charge in [-0.2, -0.15) is 0 Å². The molecule has 2 rings (SSSR count). The molecule has 0 radical (unpaired) electrons. The van der Waals surface area contributed by atoms with Crippen LogP contribution < -0.4 is 10.8 Å². The highest BCUT2D eigenvalue weighted by Crippen LogP contribution is 2.30. The van der Waals surface area contributed by atoms with E-state index in [1.54, 1.807) is 18.2 Å². The minimum absolute atomic E-state index is 0.0193. The van der Waals surface area contributed by atoms with E-state index in [-0.39, 0.29) is 23.8 Å². The zero-order valence-corrected chi connectivity index (χ0v) is 18.1. The second kappa shape index (κ2) is 10.3. The number of hydrogen-bond donors (Lipinski definition) is 3. The van der Waals surface area contributed by atoms with Crippen molar-refractivity contribution < 1.29 is 23.5 Å². The van der Waals surface area contributed by atoms with Crippen LogP contribution in [0, 0.1) is 21.1 Å². The number of aliphatic hydroxyl groups is 1. The van der Waals surface area contributed by atoms with E-state index in [2.05, 4.69) is 33.4 Å². The molecule has 3 N–H and O–H groups in total. The van der Waals surface area contributed by atoms with Gasteiger partial charge in [-0.1, -0.05) is 25.4 Å². The van der Waals surface area contributed by atoms with Crippen LogP contribution in [-0.2, 0) is 4.84 Å². The lowest BCUT2D eigenvalue weighted by atomic mass is 10.1.